The molecule has 0 bridgehead atoms. The zero-order valence-corrected chi connectivity index (χ0v) is 19.2. The predicted molar refractivity (Wildman–Crippen MR) is 121 cm³/mol. The number of hydrogen-bond donors (Lipinski definition) is 1. The van der Waals surface area contributed by atoms with E-state index >= 15 is 0 Å². The molecule has 6 heteroatoms. The molecule has 0 fully saturated rings. The fraction of sp³-hybridized carbons (Fsp3) is 0.500. The van der Waals surface area contributed by atoms with E-state index in [1.54, 1.807) is 37.7 Å². The van der Waals surface area contributed by atoms with Gasteiger partial charge in [0, 0.05) is 4.88 Å². The van der Waals surface area contributed by atoms with Crippen LogP contribution in [-0.4, -0.2) is 20.1 Å². The van der Waals surface area contributed by atoms with Crippen LogP contribution in [0.1, 0.15) is 55.2 Å². The molecule has 1 aromatic carbocycles. The van der Waals surface area contributed by atoms with Crippen molar-refractivity contribution in [2.45, 2.75) is 52.9 Å². The van der Waals surface area contributed by atoms with Gasteiger partial charge in [0.2, 0.25) is 5.91 Å². The van der Waals surface area contributed by atoms with Crippen molar-refractivity contribution in [2.75, 3.05) is 19.5 Å². The van der Waals surface area contributed by atoms with Crippen molar-refractivity contribution in [3.8, 4) is 17.6 Å². The molecule has 1 atom stereocenters. The van der Waals surface area contributed by atoms with Crippen molar-refractivity contribution >= 4 is 22.2 Å². The summed E-state index contributed by atoms with van der Waals surface area (Å²) in [4.78, 5) is 14.0. The van der Waals surface area contributed by atoms with Gasteiger partial charge in [0.05, 0.1) is 26.2 Å². The van der Waals surface area contributed by atoms with Crippen molar-refractivity contribution in [1.82, 2.24) is 0 Å². The van der Waals surface area contributed by atoms with Crippen LogP contribution in [0.5, 0.6) is 11.5 Å². The molecule has 2 aromatic rings. The number of carbonyl (C=O) groups excluding carboxylic acids is 1. The second kappa shape index (κ2) is 9.09. The van der Waals surface area contributed by atoms with E-state index in [0.29, 0.717) is 28.0 Å². The minimum absolute atomic E-state index is 0.136. The normalized spacial score (nSPS) is 15.8. The standard InChI is InChI=1S/C24H30N2O3S/c1-6-24(2,3)16-8-9-17-18(14-25)23(30-21(17)13-16)26-22(27)12-15-7-10-19(28-4)20(11-15)29-5/h7,10-11,16H,6,8-9,12-13H2,1-5H3,(H,26,27)/t16-/m1/s1. The van der Waals surface area contributed by atoms with E-state index in [1.807, 2.05) is 6.07 Å². The van der Waals surface area contributed by atoms with E-state index < -0.39 is 0 Å². The molecule has 1 aromatic heterocycles. The molecular formula is C24H30N2O3S. The van der Waals surface area contributed by atoms with Crippen molar-refractivity contribution < 1.29 is 14.3 Å². The van der Waals surface area contributed by atoms with Gasteiger partial charge in [-0.05, 0) is 53.9 Å². The van der Waals surface area contributed by atoms with Crippen LogP contribution in [0.4, 0.5) is 5.00 Å². The van der Waals surface area contributed by atoms with Crippen molar-refractivity contribution in [2.24, 2.45) is 11.3 Å². The molecule has 1 N–H and O–H groups in total. The largest absolute Gasteiger partial charge is 0.493 e. The third-order valence-electron chi connectivity index (χ3n) is 6.46. The maximum absolute atomic E-state index is 12.7. The molecule has 0 aliphatic heterocycles. The summed E-state index contributed by atoms with van der Waals surface area (Å²) >= 11 is 1.57. The average Bonchev–Trinajstić information content (AvgIpc) is 3.09. The topological polar surface area (TPSA) is 71.3 Å². The van der Waals surface area contributed by atoms with Gasteiger partial charge in [0.25, 0.3) is 0 Å². The Morgan fingerprint density at radius 2 is 2.03 bits per heavy atom. The molecule has 1 aliphatic rings. The Morgan fingerprint density at radius 3 is 2.67 bits per heavy atom. The SMILES string of the molecule is CCC(C)(C)[C@@H]1CCc2c(sc(NC(=O)Cc3ccc(OC)c(OC)c3)c2C#N)C1. The number of carbonyl (C=O) groups is 1. The first-order valence-electron chi connectivity index (χ1n) is 10.4. The monoisotopic (exact) mass is 426 g/mol. The Labute approximate surface area is 183 Å². The molecule has 30 heavy (non-hydrogen) atoms. The Morgan fingerprint density at radius 1 is 1.30 bits per heavy atom. The lowest BCUT2D eigenvalue weighted by Gasteiger charge is -2.36. The minimum Gasteiger partial charge on any atom is -0.493 e. The maximum atomic E-state index is 12.7. The Hall–Kier alpha value is -2.52. The number of ether oxygens (including phenoxy) is 2. The third-order valence-corrected chi connectivity index (χ3v) is 7.63. The van der Waals surface area contributed by atoms with Crippen LogP contribution in [0.25, 0.3) is 0 Å². The highest BCUT2D eigenvalue weighted by Gasteiger charge is 2.34. The number of rotatable bonds is 7. The quantitative estimate of drug-likeness (QED) is 0.647. The van der Waals surface area contributed by atoms with E-state index in [-0.39, 0.29) is 17.7 Å². The fourth-order valence-electron chi connectivity index (χ4n) is 4.09. The van der Waals surface area contributed by atoms with Gasteiger partial charge in [0.1, 0.15) is 11.1 Å². The molecule has 5 nitrogen and oxygen atoms in total. The van der Waals surface area contributed by atoms with Crippen LogP contribution in [0.3, 0.4) is 0 Å². The molecule has 1 aliphatic carbocycles. The van der Waals surface area contributed by atoms with Crippen LogP contribution < -0.4 is 14.8 Å². The number of nitriles is 1. The molecule has 0 spiro atoms. The van der Waals surface area contributed by atoms with Crippen molar-refractivity contribution in [1.29, 1.82) is 5.26 Å². The Kier molecular flexibility index (Phi) is 6.72. The maximum Gasteiger partial charge on any atom is 0.229 e. The van der Waals surface area contributed by atoms with Crippen LogP contribution in [-0.2, 0) is 24.1 Å². The van der Waals surface area contributed by atoms with Crippen LogP contribution >= 0.6 is 11.3 Å². The fourth-order valence-corrected chi connectivity index (χ4v) is 5.39. The zero-order chi connectivity index (χ0) is 21.9. The zero-order valence-electron chi connectivity index (χ0n) is 18.4. The lowest BCUT2D eigenvalue weighted by Crippen LogP contribution is -2.28. The molecule has 0 unspecified atom stereocenters. The highest BCUT2D eigenvalue weighted by Crippen LogP contribution is 2.45. The number of thiophene rings is 1. The van der Waals surface area contributed by atoms with Crippen LogP contribution in [0.2, 0.25) is 0 Å². The average molecular weight is 427 g/mol. The Balaban J connectivity index is 1.76. The molecule has 3 rings (SSSR count). The smallest absolute Gasteiger partial charge is 0.229 e. The molecule has 1 heterocycles. The number of anilines is 1. The first-order chi connectivity index (χ1) is 14.3. The summed E-state index contributed by atoms with van der Waals surface area (Å²) in [5, 5.41) is 13.4. The van der Waals surface area contributed by atoms with E-state index in [4.69, 9.17) is 9.47 Å². The van der Waals surface area contributed by atoms with Gasteiger partial charge in [-0.2, -0.15) is 5.26 Å². The van der Waals surface area contributed by atoms with Gasteiger partial charge in [-0.25, -0.2) is 0 Å². The second-order valence-electron chi connectivity index (χ2n) is 8.52. The van der Waals surface area contributed by atoms with Gasteiger partial charge >= 0.3 is 0 Å². The van der Waals surface area contributed by atoms with Gasteiger partial charge < -0.3 is 14.8 Å². The molecule has 1 amide bonds. The summed E-state index contributed by atoms with van der Waals surface area (Å²) in [7, 11) is 3.16. The number of methoxy groups -OCH3 is 2. The number of fused-ring (bicyclic) bond motifs is 1. The van der Waals surface area contributed by atoms with Crippen LogP contribution in [0.15, 0.2) is 18.2 Å². The van der Waals surface area contributed by atoms with Crippen LogP contribution in [0, 0.1) is 22.7 Å². The van der Waals surface area contributed by atoms with Crippen molar-refractivity contribution in [3.05, 3.63) is 39.8 Å². The summed E-state index contributed by atoms with van der Waals surface area (Å²) in [6.07, 6.45) is 4.34. The number of nitrogens with one attached hydrogen (secondary N) is 1. The summed E-state index contributed by atoms with van der Waals surface area (Å²) in [5.41, 5.74) is 2.89. The first-order valence-corrected chi connectivity index (χ1v) is 11.2. The lowest BCUT2D eigenvalue weighted by atomic mass is 9.69. The Bertz CT molecular complexity index is 972. The predicted octanol–water partition coefficient (Wildman–Crippen LogP) is 5.36. The summed E-state index contributed by atoms with van der Waals surface area (Å²) in [6, 6.07) is 7.78. The van der Waals surface area contributed by atoms with Gasteiger partial charge in [0.15, 0.2) is 11.5 Å². The molecule has 0 radical (unpaired) electrons. The lowest BCUT2D eigenvalue weighted by molar-refractivity contribution is -0.115. The summed E-state index contributed by atoms with van der Waals surface area (Å²) in [6.45, 7) is 6.89. The van der Waals surface area contributed by atoms with Gasteiger partial charge in [-0.3, -0.25) is 4.79 Å². The molecule has 160 valence electrons. The summed E-state index contributed by atoms with van der Waals surface area (Å²) < 4.78 is 10.6. The van der Waals surface area contributed by atoms with E-state index in [9.17, 15) is 10.1 Å². The number of benzene rings is 1. The van der Waals surface area contributed by atoms with Crippen molar-refractivity contribution in [3.63, 3.8) is 0 Å². The molecule has 0 saturated heterocycles. The summed E-state index contributed by atoms with van der Waals surface area (Å²) in [5.74, 6) is 1.69. The minimum atomic E-state index is -0.136. The first kappa shape index (κ1) is 22.2. The van der Waals surface area contributed by atoms with Gasteiger partial charge in [-0.1, -0.05) is 33.3 Å². The highest BCUT2D eigenvalue weighted by atomic mass is 32.1. The second-order valence-corrected chi connectivity index (χ2v) is 9.62. The molecule has 0 saturated carbocycles. The van der Waals surface area contributed by atoms with E-state index in [1.165, 1.54) is 4.88 Å². The number of hydrogen-bond acceptors (Lipinski definition) is 5. The number of nitrogens with zero attached hydrogens (tertiary/aromatic N) is 1. The number of amides is 1. The van der Waals surface area contributed by atoms with E-state index in [0.717, 1.165) is 36.8 Å². The highest BCUT2D eigenvalue weighted by molar-refractivity contribution is 7.16. The van der Waals surface area contributed by atoms with E-state index in [2.05, 4.69) is 32.2 Å². The molecular weight excluding hydrogens is 396 g/mol. The third kappa shape index (κ3) is 4.46. The van der Waals surface area contributed by atoms with Gasteiger partial charge in [-0.15, -0.1) is 11.3 Å².